The summed E-state index contributed by atoms with van der Waals surface area (Å²) >= 11 is -0.333. The molecule has 0 saturated heterocycles. The van der Waals surface area contributed by atoms with Gasteiger partial charge in [-0.1, -0.05) is 0 Å². The fraction of sp³-hybridized carbons (Fsp3) is 0. The van der Waals surface area contributed by atoms with Gasteiger partial charge in [-0.05, 0) is 0 Å². The van der Waals surface area contributed by atoms with E-state index in [1.807, 2.05) is 0 Å². The third kappa shape index (κ3) is 26.0. The first kappa shape index (κ1) is 6.79. The van der Waals surface area contributed by atoms with Crippen LogP contribution in [0.2, 0.25) is 0 Å². The van der Waals surface area contributed by atoms with E-state index < -0.39 is 0.679 Å². The van der Waals surface area contributed by atoms with E-state index in [0.717, 1.165) is 0 Å². The quantitative estimate of drug-likeness (QED) is 0.326. The van der Waals surface area contributed by atoms with Crippen molar-refractivity contribution in [1.29, 1.82) is 0 Å². The van der Waals surface area contributed by atoms with Crippen LogP contribution in [0.25, 0.3) is 0 Å². The van der Waals surface area contributed by atoms with Gasteiger partial charge in [0, 0.05) is 0 Å². The van der Waals surface area contributed by atoms with Gasteiger partial charge in [0.2, 0.25) is 0 Å². The summed E-state index contributed by atoms with van der Waals surface area (Å²) in [4.78, 5) is 15.4. The molecule has 5 heteroatoms. The number of hydrogen-bond acceptors (Lipinski definition) is 1. The van der Waals surface area contributed by atoms with Crippen LogP contribution in [0.15, 0.2) is 0 Å². The second kappa shape index (κ2) is 2.19. The van der Waals surface area contributed by atoms with Crippen molar-refractivity contribution >= 4 is 48.7 Å². The average Bonchev–Trinajstić information content (AvgIpc) is 0.722. The van der Waals surface area contributed by atoms with Gasteiger partial charge in [0.05, 0.1) is 0 Å². The molecule has 0 aliphatic heterocycles. The Morgan fingerprint density at radius 1 is 1.60 bits per heavy atom. The Kier molecular flexibility index (Phi) is 2.97. The van der Waals surface area contributed by atoms with Gasteiger partial charge < -0.3 is 0 Å². The summed E-state index contributed by atoms with van der Waals surface area (Å²) in [6, 6.07) is 0. The number of hydrogen-bond donors (Lipinski definition) is 2. The van der Waals surface area contributed by atoms with Crippen molar-refractivity contribution in [3.63, 3.8) is 0 Å². The Bertz CT molecular complexity index is 53.0. The van der Waals surface area contributed by atoms with Crippen LogP contribution < -0.4 is 0 Å². The molecule has 0 rings (SSSR count). The van der Waals surface area contributed by atoms with E-state index >= 15 is 0 Å². The summed E-state index contributed by atoms with van der Waals surface area (Å²) in [6.45, 7) is 0. The molecule has 0 aromatic carbocycles. The van der Waals surface area contributed by atoms with Gasteiger partial charge in [-0.2, -0.15) is 0 Å². The van der Waals surface area contributed by atoms with Gasteiger partial charge in [-0.25, -0.2) is 0 Å². The fourth-order valence-electron chi connectivity index (χ4n) is 0. The van der Waals surface area contributed by atoms with Gasteiger partial charge in [-0.15, -0.1) is 0 Å². The monoisotopic (exact) mass is 120 g/mol. The molecule has 0 bridgehead atoms. The van der Waals surface area contributed by atoms with E-state index in [1.165, 1.54) is 0 Å². The molecule has 0 atom stereocenters. The molecule has 0 aromatic heterocycles. The molecule has 0 amide bonds. The zero-order valence-electron chi connectivity index (χ0n) is 2.75. The molecule has 0 heterocycles. The normalized spacial score (nSPS) is 12.0. The van der Waals surface area contributed by atoms with Crippen molar-refractivity contribution < 1.29 is 14.4 Å². The molecule has 3 nitrogen and oxygen atoms in total. The van der Waals surface area contributed by atoms with Gasteiger partial charge in [0.25, 0.3) is 0 Å². The molecule has 0 aliphatic rings. The predicted octanol–water partition coefficient (Wildman–Crippen LogP) is -0.752. The molecule has 0 fully saturated rings. The van der Waals surface area contributed by atoms with Crippen LogP contribution in [-0.4, -0.2) is 57.8 Å². The van der Waals surface area contributed by atoms with Crippen LogP contribution in [0.3, 0.4) is 0 Å². The average molecular weight is 120 g/mol. The van der Waals surface area contributed by atoms with Crippen molar-refractivity contribution in [3.05, 3.63) is 0 Å². The Morgan fingerprint density at radius 2 is 1.60 bits per heavy atom. The Morgan fingerprint density at radius 3 is 1.60 bits per heavy atom. The topological polar surface area (TPSA) is 57.5 Å². The molecular formula is H2KO3P. The first-order valence-electron chi connectivity index (χ1n) is 1.03. The van der Waals surface area contributed by atoms with E-state index in [9.17, 15) is 4.57 Å². The predicted molar refractivity (Wildman–Crippen MR) is 17.8 cm³/mol. The SMILES string of the molecule is O=[P](O)(O)[K]. The van der Waals surface area contributed by atoms with Crippen LogP contribution in [-0.2, 0) is 4.57 Å². The molecule has 26 valence electrons. The maximum absolute atomic E-state index is 9.41. The van der Waals surface area contributed by atoms with Crippen LogP contribution in [0.4, 0.5) is 0 Å². The van der Waals surface area contributed by atoms with Crippen molar-refractivity contribution in [2.24, 2.45) is 0 Å². The van der Waals surface area contributed by atoms with Crippen LogP contribution in [0, 0.1) is 0 Å². The number of rotatable bonds is 0. The van der Waals surface area contributed by atoms with Crippen molar-refractivity contribution in [1.82, 2.24) is 0 Å². The fourth-order valence-corrected chi connectivity index (χ4v) is 0. The first-order valence-corrected chi connectivity index (χ1v) is 7.28. The zero-order valence-corrected chi connectivity index (χ0v) is 6.77. The second-order valence-electron chi connectivity index (χ2n) is 0.835. The Balaban J connectivity index is 3.47. The van der Waals surface area contributed by atoms with Crippen molar-refractivity contribution in [3.8, 4) is 0 Å². The minimum absolute atomic E-state index is 0.333. The zero-order chi connectivity index (χ0) is 4.50. The summed E-state index contributed by atoms with van der Waals surface area (Å²) in [5.41, 5.74) is 0. The van der Waals surface area contributed by atoms with Gasteiger partial charge in [-0.3, -0.25) is 0 Å². The molecule has 2 N–H and O–H groups in total. The molecule has 0 radical (unpaired) electrons. The van der Waals surface area contributed by atoms with Crippen LogP contribution >= 0.6 is 0.679 Å². The maximum atomic E-state index is 9.41. The molecule has 0 aliphatic carbocycles. The summed E-state index contributed by atoms with van der Waals surface area (Å²) in [5.74, 6) is 0. The van der Waals surface area contributed by atoms with E-state index in [-0.39, 0.29) is 48.1 Å². The molecule has 0 unspecified atom stereocenters. The van der Waals surface area contributed by atoms with Crippen LogP contribution in [0.1, 0.15) is 0 Å². The Hall–Kier alpha value is 1.79. The van der Waals surface area contributed by atoms with E-state index in [4.69, 9.17) is 9.79 Å². The van der Waals surface area contributed by atoms with Gasteiger partial charge >= 0.3 is 63.1 Å². The summed E-state index contributed by atoms with van der Waals surface area (Å²) in [5, 5.41) is 0. The van der Waals surface area contributed by atoms with E-state index in [1.54, 1.807) is 0 Å². The third-order valence-corrected chi connectivity index (χ3v) is 0. The molecular weight excluding hydrogens is 118 g/mol. The summed E-state index contributed by atoms with van der Waals surface area (Å²) in [6.07, 6.45) is 0. The minimum atomic E-state index is -3.45. The van der Waals surface area contributed by atoms with E-state index in [2.05, 4.69) is 0 Å². The van der Waals surface area contributed by atoms with Gasteiger partial charge in [0.1, 0.15) is 0 Å². The molecule has 0 aromatic rings. The molecule has 0 spiro atoms. The second-order valence-corrected chi connectivity index (χ2v) is 7.96. The Labute approximate surface area is 61.9 Å². The van der Waals surface area contributed by atoms with E-state index in [0.29, 0.717) is 0 Å². The van der Waals surface area contributed by atoms with Crippen molar-refractivity contribution in [2.45, 2.75) is 0 Å². The van der Waals surface area contributed by atoms with Crippen molar-refractivity contribution in [2.75, 3.05) is 0 Å². The molecule has 0 saturated carbocycles. The standard InChI is InChI=1S/K.HO3P/c;1-4(2)3/h;(H-,1,2,3)/q-1;/p+1. The summed E-state index contributed by atoms with van der Waals surface area (Å²) < 4.78 is 5.96. The van der Waals surface area contributed by atoms with Crippen LogP contribution in [0.5, 0.6) is 0 Å². The summed E-state index contributed by atoms with van der Waals surface area (Å²) in [7, 11) is 0. The van der Waals surface area contributed by atoms with Gasteiger partial charge in [0.15, 0.2) is 0 Å². The third-order valence-electron chi connectivity index (χ3n) is 0. The first-order chi connectivity index (χ1) is 2.00. The molecule has 5 heavy (non-hydrogen) atoms.